The highest BCUT2D eigenvalue weighted by molar-refractivity contribution is 7.96. The van der Waals surface area contributed by atoms with Gasteiger partial charge in [-0.25, -0.2) is 4.79 Å². The fraction of sp³-hybridized carbons (Fsp3) is 0.0455. The average molecular weight is 359 g/mol. The van der Waals surface area contributed by atoms with Crippen molar-refractivity contribution in [2.45, 2.75) is 0 Å². The molecule has 0 aliphatic heterocycles. The van der Waals surface area contributed by atoms with Crippen molar-refractivity contribution >= 4 is 34.1 Å². The number of ether oxygens (including phenoxy) is 1. The Kier molecular flexibility index (Phi) is 5.37. The Morgan fingerprint density at radius 2 is 1.12 bits per heavy atom. The SMILES string of the molecule is COC(=O)C(C#N)=P(c1ccccc1)(c1ccccc1)c1ccccc1. The van der Waals surface area contributed by atoms with Gasteiger partial charge in [-0.15, -0.1) is 0 Å². The quantitative estimate of drug-likeness (QED) is 0.532. The van der Waals surface area contributed by atoms with E-state index in [4.69, 9.17) is 4.74 Å². The summed E-state index contributed by atoms with van der Waals surface area (Å²) >= 11 is 0. The fourth-order valence-electron chi connectivity index (χ4n) is 3.14. The third-order valence-corrected chi connectivity index (χ3v) is 8.42. The number of hydrogen-bond donors (Lipinski definition) is 0. The molecule has 0 atom stereocenters. The van der Waals surface area contributed by atoms with Gasteiger partial charge >= 0.3 is 5.97 Å². The van der Waals surface area contributed by atoms with Gasteiger partial charge in [-0.1, -0.05) is 91.0 Å². The van der Waals surface area contributed by atoms with E-state index in [-0.39, 0.29) is 5.29 Å². The average Bonchev–Trinajstić information content (AvgIpc) is 2.73. The molecule has 0 bridgehead atoms. The summed E-state index contributed by atoms with van der Waals surface area (Å²) in [6.07, 6.45) is 0. The molecule has 0 spiro atoms. The largest absolute Gasteiger partial charge is 0.465 e. The lowest BCUT2D eigenvalue weighted by Gasteiger charge is -2.29. The number of rotatable bonds is 4. The normalized spacial score (nSPS) is 10.6. The Morgan fingerprint density at radius 1 is 0.769 bits per heavy atom. The molecule has 3 aromatic rings. The molecule has 4 heteroatoms. The van der Waals surface area contributed by atoms with Crippen LogP contribution in [0.25, 0.3) is 0 Å². The lowest BCUT2D eigenvalue weighted by molar-refractivity contribution is -0.132. The third kappa shape index (κ3) is 2.96. The van der Waals surface area contributed by atoms with Crippen LogP contribution in [0.2, 0.25) is 0 Å². The number of esters is 1. The zero-order valence-corrected chi connectivity index (χ0v) is 15.3. The molecule has 0 radical (unpaired) electrons. The summed E-state index contributed by atoms with van der Waals surface area (Å²) in [6, 6.07) is 31.4. The second-order valence-corrected chi connectivity index (χ2v) is 8.97. The molecule has 0 heterocycles. The van der Waals surface area contributed by atoms with Crippen molar-refractivity contribution in [2.75, 3.05) is 7.11 Å². The molecular weight excluding hydrogens is 341 g/mol. The molecule has 0 aliphatic carbocycles. The van der Waals surface area contributed by atoms with Crippen LogP contribution in [0.4, 0.5) is 0 Å². The van der Waals surface area contributed by atoms with E-state index in [1.807, 2.05) is 91.0 Å². The molecular formula is C22H18NO2P. The maximum atomic E-state index is 12.7. The first-order valence-electron chi connectivity index (χ1n) is 8.17. The lowest BCUT2D eigenvalue weighted by Crippen LogP contribution is -2.33. The molecule has 0 saturated heterocycles. The van der Waals surface area contributed by atoms with Gasteiger partial charge < -0.3 is 4.74 Å². The Bertz CT molecular complexity index is 887. The van der Waals surface area contributed by atoms with E-state index in [9.17, 15) is 10.1 Å². The number of nitrogens with zero attached hydrogens (tertiary/aromatic N) is 1. The van der Waals surface area contributed by atoms with Gasteiger partial charge in [-0.3, -0.25) is 0 Å². The van der Waals surface area contributed by atoms with Crippen molar-refractivity contribution in [3.05, 3.63) is 91.0 Å². The van der Waals surface area contributed by atoms with Crippen LogP contribution in [0.15, 0.2) is 91.0 Å². The van der Waals surface area contributed by atoms with Crippen LogP contribution >= 0.6 is 6.89 Å². The van der Waals surface area contributed by atoms with Crippen LogP contribution in [-0.2, 0) is 9.53 Å². The van der Waals surface area contributed by atoms with Crippen LogP contribution < -0.4 is 15.9 Å². The Morgan fingerprint density at radius 3 is 1.38 bits per heavy atom. The third-order valence-electron chi connectivity index (χ3n) is 4.25. The predicted molar refractivity (Wildman–Crippen MR) is 108 cm³/mol. The molecule has 3 rings (SSSR count). The van der Waals surface area contributed by atoms with Gasteiger partial charge in [0.2, 0.25) is 0 Å². The van der Waals surface area contributed by atoms with Crippen LogP contribution in [0.1, 0.15) is 0 Å². The van der Waals surface area contributed by atoms with E-state index >= 15 is 0 Å². The van der Waals surface area contributed by atoms with Gasteiger partial charge in [0.15, 0.2) is 0 Å². The summed E-state index contributed by atoms with van der Waals surface area (Å²) < 4.78 is 5.00. The zero-order chi connectivity index (χ0) is 18.4. The molecule has 0 N–H and O–H groups in total. The Balaban J connectivity index is 2.59. The van der Waals surface area contributed by atoms with Crippen molar-refractivity contribution in [3.63, 3.8) is 0 Å². The second-order valence-electron chi connectivity index (χ2n) is 5.63. The van der Waals surface area contributed by atoms with Crippen LogP contribution in [0.5, 0.6) is 0 Å². The lowest BCUT2D eigenvalue weighted by atomic mass is 10.4. The van der Waals surface area contributed by atoms with Crippen molar-refractivity contribution in [1.82, 2.24) is 0 Å². The molecule has 3 aromatic carbocycles. The van der Waals surface area contributed by atoms with E-state index in [2.05, 4.69) is 6.07 Å². The van der Waals surface area contributed by atoms with Gasteiger partial charge in [0.05, 0.1) is 7.11 Å². The molecule has 0 amide bonds. The first-order chi connectivity index (χ1) is 12.7. The zero-order valence-electron chi connectivity index (χ0n) is 14.4. The van der Waals surface area contributed by atoms with Gasteiger partial charge in [-0.2, -0.15) is 5.26 Å². The summed E-state index contributed by atoms with van der Waals surface area (Å²) in [6.45, 7) is -2.66. The van der Waals surface area contributed by atoms with Crippen LogP contribution in [0.3, 0.4) is 0 Å². The molecule has 0 fully saturated rings. The van der Waals surface area contributed by atoms with Gasteiger partial charge in [-0.05, 0) is 15.9 Å². The molecule has 0 aromatic heterocycles. The Hall–Kier alpha value is -3.08. The van der Waals surface area contributed by atoms with E-state index in [1.165, 1.54) is 7.11 Å². The molecule has 26 heavy (non-hydrogen) atoms. The minimum Gasteiger partial charge on any atom is -0.465 e. The summed E-state index contributed by atoms with van der Waals surface area (Å²) in [4.78, 5) is 12.7. The van der Waals surface area contributed by atoms with E-state index in [0.717, 1.165) is 15.9 Å². The van der Waals surface area contributed by atoms with Crippen LogP contribution in [-0.4, -0.2) is 18.4 Å². The number of carbonyl (C=O) groups excluding carboxylic acids is 1. The standard InChI is InChI=1S/C22H18NO2P/c1-25-22(24)21(17-23)26(18-11-5-2-6-12-18,19-13-7-3-8-14-19)20-15-9-4-10-16-20/h2-16H,1H3. The Labute approximate surface area is 153 Å². The van der Waals surface area contributed by atoms with E-state index in [1.54, 1.807) is 0 Å². The van der Waals surface area contributed by atoms with Gasteiger partial charge in [0.1, 0.15) is 11.4 Å². The van der Waals surface area contributed by atoms with E-state index < -0.39 is 12.9 Å². The minimum absolute atomic E-state index is 0.142. The molecule has 0 aliphatic rings. The minimum atomic E-state index is -2.66. The topological polar surface area (TPSA) is 50.1 Å². The first kappa shape index (κ1) is 17.7. The maximum absolute atomic E-state index is 12.7. The number of benzene rings is 3. The summed E-state index contributed by atoms with van der Waals surface area (Å²) in [7, 11) is 1.31. The van der Waals surface area contributed by atoms with Crippen molar-refractivity contribution in [1.29, 1.82) is 5.26 Å². The van der Waals surface area contributed by atoms with Crippen molar-refractivity contribution in [2.24, 2.45) is 0 Å². The first-order valence-corrected chi connectivity index (χ1v) is 9.96. The molecule has 0 unspecified atom stereocenters. The monoisotopic (exact) mass is 359 g/mol. The highest BCUT2D eigenvalue weighted by atomic mass is 31.2. The van der Waals surface area contributed by atoms with E-state index in [0.29, 0.717) is 0 Å². The highest BCUT2D eigenvalue weighted by Crippen LogP contribution is 2.46. The molecule has 3 nitrogen and oxygen atoms in total. The van der Waals surface area contributed by atoms with Crippen molar-refractivity contribution < 1.29 is 9.53 Å². The maximum Gasteiger partial charge on any atom is 0.349 e. The molecule has 0 saturated carbocycles. The number of carbonyl (C=O) groups is 1. The molecule has 128 valence electrons. The van der Waals surface area contributed by atoms with Gasteiger partial charge in [0.25, 0.3) is 0 Å². The summed E-state index contributed by atoms with van der Waals surface area (Å²) in [5.41, 5.74) is 0. The number of nitriles is 1. The van der Waals surface area contributed by atoms with Crippen molar-refractivity contribution in [3.8, 4) is 6.07 Å². The smallest absolute Gasteiger partial charge is 0.349 e. The predicted octanol–water partition coefficient (Wildman–Crippen LogP) is 2.85. The summed E-state index contributed by atoms with van der Waals surface area (Å²) in [5, 5.41) is 13.0. The number of hydrogen-bond acceptors (Lipinski definition) is 3. The summed E-state index contributed by atoms with van der Waals surface area (Å²) in [5.74, 6) is -0.586. The van der Waals surface area contributed by atoms with Crippen LogP contribution in [0, 0.1) is 11.3 Å². The second kappa shape index (κ2) is 7.87. The highest BCUT2D eigenvalue weighted by Gasteiger charge is 2.33. The number of methoxy groups -OCH3 is 1. The fourth-order valence-corrected chi connectivity index (χ4v) is 7.19. The van der Waals surface area contributed by atoms with Gasteiger partial charge in [0, 0.05) is 6.89 Å².